The quantitative estimate of drug-likeness (QED) is 0.525. The molecule has 6 heteroatoms. The number of hydrogen-bond donors (Lipinski definition) is 1. The number of para-hydroxylation sites is 1. The molecule has 34 heavy (non-hydrogen) atoms. The van der Waals surface area contributed by atoms with E-state index in [1.54, 1.807) is 20.3 Å². The molecule has 4 heterocycles. The molecule has 6 nitrogen and oxygen atoms in total. The molecule has 1 amide bonds. The number of nitrogens with one attached hydrogen (secondary N) is 1. The highest BCUT2D eigenvalue weighted by Crippen LogP contribution is 2.42. The van der Waals surface area contributed by atoms with Gasteiger partial charge in [0, 0.05) is 24.2 Å². The van der Waals surface area contributed by atoms with Crippen LogP contribution in [0.1, 0.15) is 34.8 Å². The molecule has 1 aromatic heterocycles. The average molecular weight is 458 g/mol. The Morgan fingerprint density at radius 1 is 1.21 bits per heavy atom. The Kier molecular flexibility index (Phi) is 6.24. The highest BCUT2D eigenvalue weighted by atomic mass is 16.5. The van der Waals surface area contributed by atoms with Gasteiger partial charge in [-0.05, 0) is 73.2 Å². The van der Waals surface area contributed by atoms with Gasteiger partial charge in [0.05, 0.1) is 31.3 Å². The predicted octanol–water partition coefficient (Wildman–Crippen LogP) is 4.62. The van der Waals surface area contributed by atoms with Crippen LogP contribution in [-0.2, 0) is 0 Å². The van der Waals surface area contributed by atoms with Crippen LogP contribution in [0, 0.1) is 11.8 Å². The van der Waals surface area contributed by atoms with E-state index >= 15 is 0 Å². The van der Waals surface area contributed by atoms with E-state index in [1.807, 2.05) is 48.7 Å². The number of amides is 1. The molecule has 1 N–H and O–H groups in total. The van der Waals surface area contributed by atoms with Gasteiger partial charge in [-0.2, -0.15) is 0 Å². The number of piperidine rings is 3. The second-order valence-corrected chi connectivity index (χ2v) is 9.18. The van der Waals surface area contributed by atoms with Crippen LogP contribution in [0.2, 0.25) is 0 Å². The standard InChI is InChI=1S/C28H31N3O3/c1-4-18-17-31-14-12-19(18)15-25(31)27(30-28(32)22-7-5-6-8-26(22)34-3)21-11-13-29-24-10-9-20(33-2)16-23(21)24/h4-11,13,16,18-19,25,27H,1,12,14-15,17H2,2-3H3,(H,30,32)/t18-,19-,25+,27-/m0/s1. The minimum atomic E-state index is -0.205. The summed E-state index contributed by atoms with van der Waals surface area (Å²) < 4.78 is 11.0. The van der Waals surface area contributed by atoms with Crippen molar-refractivity contribution in [2.24, 2.45) is 11.8 Å². The molecule has 3 aliphatic rings. The molecule has 5 atom stereocenters. The van der Waals surface area contributed by atoms with Gasteiger partial charge in [0.1, 0.15) is 11.5 Å². The first-order valence-electron chi connectivity index (χ1n) is 11.9. The molecule has 6 rings (SSSR count). The maximum atomic E-state index is 13.6. The number of fused-ring (bicyclic) bond motifs is 4. The minimum absolute atomic E-state index is 0.141. The van der Waals surface area contributed by atoms with Gasteiger partial charge < -0.3 is 14.8 Å². The fourth-order valence-electron chi connectivity index (χ4n) is 5.70. The number of hydrogen-bond acceptors (Lipinski definition) is 5. The van der Waals surface area contributed by atoms with Gasteiger partial charge in [-0.3, -0.25) is 14.7 Å². The Labute approximate surface area is 200 Å². The van der Waals surface area contributed by atoms with Crippen molar-refractivity contribution in [3.05, 3.63) is 78.5 Å². The largest absolute Gasteiger partial charge is 0.497 e. The van der Waals surface area contributed by atoms with Crippen LogP contribution < -0.4 is 14.8 Å². The average Bonchev–Trinajstić information content (AvgIpc) is 2.91. The van der Waals surface area contributed by atoms with E-state index in [0.29, 0.717) is 23.1 Å². The maximum absolute atomic E-state index is 13.6. The third-order valence-corrected chi connectivity index (χ3v) is 7.49. The van der Waals surface area contributed by atoms with Gasteiger partial charge in [0.2, 0.25) is 0 Å². The summed E-state index contributed by atoms with van der Waals surface area (Å²) >= 11 is 0. The van der Waals surface area contributed by atoms with Crippen LogP contribution in [0.25, 0.3) is 10.9 Å². The smallest absolute Gasteiger partial charge is 0.255 e. The van der Waals surface area contributed by atoms with E-state index in [-0.39, 0.29) is 18.0 Å². The third-order valence-electron chi connectivity index (χ3n) is 7.49. The predicted molar refractivity (Wildman–Crippen MR) is 133 cm³/mol. The summed E-state index contributed by atoms with van der Waals surface area (Å²) in [6, 6.07) is 15.3. The highest BCUT2D eigenvalue weighted by Gasteiger charge is 2.43. The fraction of sp³-hybridized carbons (Fsp3) is 0.357. The number of aromatic nitrogens is 1. The first kappa shape index (κ1) is 22.4. The zero-order valence-corrected chi connectivity index (χ0v) is 19.7. The first-order valence-corrected chi connectivity index (χ1v) is 11.9. The number of rotatable bonds is 7. The molecule has 2 aromatic carbocycles. The lowest BCUT2D eigenvalue weighted by Crippen LogP contribution is -2.57. The van der Waals surface area contributed by atoms with Crippen molar-refractivity contribution >= 4 is 16.8 Å². The number of pyridine rings is 1. The molecule has 0 aliphatic carbocycles. The summed E-state index contributed by atoms with van der Waals surface area (Å²) in [5.74, 6) is 2.29. The normalized spacial score (nSPS) is 24.4. The second-order valence-electron chi connectivity index (χ2n) is 9.18. The number of methoxy groups -OCH3 is 2. The van der Waals surface area contributed by atoms with Crippen molar-refractivity contribution in [2.75, 3.05) is 27.3 Å². The van der Waals surface area contributed by atoms with Gasteiger partial charge >= 0.3 is 0 Å². The van der Waals surface area contributed by atoms with Gasteiger partial charge in [-0.1, -0.05) is 18.2 Å². The lowest BCUT2D eigenvalue weighted by atomic mass is 9.73. The Morgan fingerprint density at radius 2 is 2.06 bits per heavy atom. The summed E-state index contributed by atoms with van der Waals surface area (Å²) in [5.41, 5.74) is 2.47. The third kappa shape index (κ3) is 4.03. The molecular weight excluding hydrogens is 426 g/mol. The maximum Gasteiger partial charge on any atom is 0.255 e. The van der Waals surface area contributed by atoms with Gasteiger partial charge in [-0.25, -0.2) is 0 Å². The molecule has 3 saturated heterocycles. The number of nitrogens with zero attached hydrogens (tertiary/aromatic N) is 2. The second kappa shape index (κ2) is 9.47. The fourth-order valence-corrected chi connectivity index (χ4v) is 5.70. The summed E-state index contributed by atoms with van der Waals surface area (Å²) in [6.45, 7) is 6.08. The summed E-state index contributed by atoms with van der Waals surface area (Å²) in [4.78, 5) is 20.7. The highest BCUT2D eigenvalue weighted by molar-refractivity contribution is 5.97. The molecular formula is C28H31N3O3. The van der Waals surface area contributed by atoms with Gasteiger partial charge in [-0.15, -0.1) is 6.58 Å². The Hall–Kier alpha value is -3.38. The first-order chi connectivity index (χ1) is 16.6. The van der Waals surface area contributed by atoms with Crippen LogP contribution in [0.4, 0.5) is 0 Å². The Morgan fingerprint density at radius 3 is 2.79 bits per heavy atom. The van der Waals surface area contributed by atoms with Crippen molar-refractivity contribution in [1.82, 2.24) is 15.2 Å². The SMILES string of the molecule is C=C[C@H]1CN2CC[C@H]1C[C@@H]2[C@@H](NC(=O)c1ccccc1OC)c1ccnc2ccc(OC)cc12. The van der Waals surface area contributed by atoms with E-state index in [4.69, 9.17) is 9.47 Å². The van der Waals surface area contributed by atoms with Gasteiger partial charge in [0.25, 0.3) is 5.91 Å². The zero-order valence-electron chi connectivity index (χ0n) is 19.7. The van der Waals surface area contributed by atoms with E-state index < -0.39 is 0 Å². The van der Waals surface area contributed by atoms with E-state index in [2.05, 4.69) is 27.9 Å². The molecule has 0 spiro atoms. The van der Waals surface area contributed by atoms with E-state index in [0.717, 1.165) is 41.7 Å². The zero-order chi connectivity index (χ0) is 23.7. The molecule has 0 radical (unpaired) electrons. The van der Waals surface area contributed by atoms with Crippen LogP contribution in [0.3, 0.4) is 0 Å². The van der Waals surface area contributed by atoms with E-state index in [9.17, 15) is 4.79 Å². The number of ether oxygens (including phenoxy) is 2. The molecule has 176 valence electrons. The van der Waals surface area contributed by atoms with Crippen molar-refractivity contribution < 1.29 is 14.3 Å². The Balaban J connectivity index is 1.58. The van der Waals surface area contributed by atoms with Crippen molar-refractivity contribution in [1.29, 1.82) is 0 Å². The van der Waals surface area contributed by atoms with Crippen molar-refractivity contribution in [3.8, 4) is 11.5 Å². The summed E-state index contributed by atoms with van der Waals surface area (Å²) in [7, 11) is 3.26. The van der Waals surface area contributed by atoms with E-state index in [1.165, 1.54) is 6.42 Å². The topological polar surface area (TPSA) is 63.7 Å². The minimum Gasteiger partial charge on any atom is -0.497 e. The Bertz CT molecular complexity index is 1210. The van der Waals surface area contributed by atoms with Crippen LogP contribution in [0.5, 0.6) is 11.5 Å². The lowest BCUT2D eigenvalue weighted by Gasteiger charge is -2.51. The molecule has 3 aliphatic heterocycles. The molecule has 3 aromatic rings. The van der Waals surface area contributed by atoms with Crippen LogP contribution in [0.15, 0.2) is 67.4 Å². The number of carbonyl (C=O) groups is 1. The lowest BCUT2D eigenvalue weighted by molar-refractivity contribution is 0.00169. The molecule has 0 saturated carbocycles. The van der Waals surface area contributed by atoms with Crippen molar-refractivity contribution in [2.45, 2.75) is 24.9 Å². The summed E-state index contributed by atoms with van der Waals surface area (Å²) in [6.07, 6.45) is 6.12. The van der Waals surface area contributed by atoms with Crippen LogP contribution >= 0.6 is 0 Å². The molecule has 3 fully saturated rings. The van der Waals surface area contributed by atoms with Crippen molar-refractivity contribution in [3.63, 3.8) is 0 Å². The number of carbonyl (C=O) groups excluding carboxylic acids is 1. The monoisotopic (exact) mass is 457 g/mol. The summed E-state index contributed by atoms with van der Waals surface area (Å²) in [5, 5.41) is 4.38. The molecule has 2 bridgehead atoms. The number of benzene rings is 2. The van der Waals surface area contributed by atoms with Crippen LogP contribution in [-0.4, -0.2) is 49.1 Å². The molecule has 1 unspecified atom stereocenters. The van der Waals surface area contributed by atoms with Gasteiger partial charge in [0.15, 0.2) is 0 Å².